The van der Waals surface area contributed by atoms with E-state index in [4.69, 9.17) is 0 Å². The summed E-state index contributed by atoms with van der Waals surface area (Å²) >= 11 is 0. The molecular weight excluding hydrogens is 530 g/mol. The highest BCUT2D eigenvalue weighted by atomic mass is 15.1. The summed E-state index contributed by atoms with van der Waals surface area (Å²) in [6.45, 7) is 11.1. The van der Waals surface area contributed by atoms with Crippen molar-refractivity contribution in [2.75, 3.05) is 19.6 Å². The van der Waals surface area contributed by atoms with Crippen molar-refractivity contribution in [2.45, 2.75) is 258 Å². The molecular formula is C43H89N. The first-order valence-corrected chi connectivity index (χ1v) is 21.6. The molecule has 1 nitrogen and oxygen atoms in total. The zero-order valence-electron chi connectivity index (χ0n) is 31.7. The molecule has 0 bridgehead atoms. The largest absolute Gasteiger partial charge is 0.303 e. The van der Waals surface area contributed by atoms with Gasteiger partial charge in [0.05, 0.1) is 0 Å². The Bertz CT molecular complexity index is 446. The van der Waals surface area contributed by atoms with Crippen LogP contribution >= 0.6 is 0 Å². The second-order valence-corrected chi connectivity index (χ2v) is 14.9. The average Bonchev–Trinajstić information content (AvgIpc) is 3.03. The number of hydrogen-bond acceptors (Lipinski definition) is 1. The average molecular weight is 620 g/mol. The maximum absolute atomic E-state index is 2.87. The van der Waals surface area contributed by atoms with E-state index in [1.165, 1.54) is 257 Å². The molecule has 0 aliphatic carbocycles. The first kappa shape index (κ1) is 44.0. The number of nitrogens with zero attached hydrogens (tertiary/aromatic N) is 1. The summed E-state index contributed by atoms with van der Waals surface area (Å²) in [5, 5.41) is 0. The molecule has 1 heteroatoms. The van der Waals surface area contributed by atoms with Crippen LogP contribution in [0.3, 0.4) is 0 Å². The molecule has 0 unspecified atom stereocenters. The molecule has 0 aliphatic heterocycles. The molecule has 0 spiro atoms. The van der Waals surface area contributed by atoms with Gasteiger partial charge in [-0.25, -0.2) is 0 Å². The summed E-state index contributed by atoms with van der Waals surface area (Å²) in [7, 11) is 0. The summed E-state index contributed by atoms with van der Waals surface area (Å²) in [6, 6.07) is 0. The van der Waals surface area contributed by atoms with Gasteiger partial charge in [0.1, 0.15) is 0 Å². The molecule has 0 aromatic rings. The molecule has 0 rings (SSSR count). The molecule has 0 aromatic carbocycles. The lowest BCUT2D eigenvalue weighted by molar-refractivity contribution is 0.254. The first-order chi connectivity index (χ1) is 21.8. The van der Waals surface area contributed by atoms with Crippen LogP contribution in [0.25, 0.3) is 0 Å². The third-order valence-electron chi connectivity index (χ3n) is 10.2. The lowest BCUT2D eigenvalue weighted by atomic mass is 10.0. The minimum Gasteiger partial charge on any atom is -0.303 e. The van der Waals surface area contributed by atoms with Gasteiger partial charge in [-0.1, -0.05) is 239 Å². The molecule has 0 amide bonds. The van der Waals surface area contributed by atoms with Gasteiger partial charge in [0.15, 0.2) is 0 Å². The number of hydrogen-bond donors (Lipinski definition) is 0. The van der Waals surface area contributed by atoms with E-state index in [0.717, 1.165) is 0 Å². The molecule has 0 aliphatic rings. The maximum Gasteiger partial charge on any atom is -0.00187 e. The van der Waals surface area contributed by atoms with Gasteiger partial charge in [-0.2, -0.15) is 0 Å². The molecule has 266 valence electrons. The molecule has 0 heterocycles. The van der Waals surface area contributed by atoms with Gasteiger partial charge < -0.3 is 4.90 Å². The molecule has 44 heavy (non-hydrogen) atoms. The van der Waals surface area contributed by atoms with E-state index in [1.54, 1.807) is 0 Å². The van der Waals surface area contributed by atoms with E-state index in [9.17, 15) is 0 Å². The molecule has 0 saturated carbocycles. The molecule has 0 saturated heterocycles. The van der Waals surface area contributed by atoms with Gasteiger partial charge in [0.2, 0.25) is 0 Å². The Kier molecular flexibility index (Phi) is 40.9. The Morgan fingerprint density at radius 3 is 0.477 bits per heavy atom. The third-order valence-corrected chi connectivity index (χ3v) is 10.2. The Balaban J connectivity index is 3.90. The SMILES string of the molecule is CCCCCCCCCCCCCCCN(CCCCCCCCCCCCCC)CCCCCCCCCCCCCC. The monoisotopic (exact) mass is 620 g/mol. The van der Waals surface area contributed by atoms with E-state index in [2.05, 4.69) is 25.7 Å². The second-order valence-electron chi connectivity index (χ2n) is 14.9. The van der Waals surface area contributed by atoms with Crippen LogP contribution in [0.1, 0.15) is 258 Å². The predicted octanol–water partition coefficient (Wildman–Crippen LogP) is 15.8. The van der Waals surface area contributed by atoms with Crippen molar-refractivity contribution in [1.82, 2.24) is 4.90 Å². The molecule has 0 N–H and O–H groups in total. The van der Waals surface area contributed by atoms with Crippen molar-refractivity contribution in [3.63, 3.8) is 0 Å². The van der Waals surface area contributed by atoms with Gasteiger partial charge >= 0.3 is 0 Å². The lowest BCUT2D eigenvalue weighted by Gasteiger charge is -2.22. The Labute approximate surface area is 282 Å². The molecule has 0 atom stereocenters. The highest BCUT2D eigenvalue weighted by molar-refractivity contribution is 4.61. The predicted molar refractivity (Wildman–Crippen MR) is 204 cm³/mol. The van der Waals surface area contributed by atoms with Crippen LogP contribution in [0.5, 0.6) is 0 Å². The van der Waals surface area contributed by atoms with E-state index in [-0.39, 0.29) is 0 Å². The quantitative estimate of drug-likeness (QED) is 0.0617. The molecule has 0 fully saturated rings. The molecule has 0 aromatic heterocycles. The fraction of sp³-hybridized carbons (Fsp3) is 1.00. The van der Waals surface area contributed by atoms with Gasteiger partial charge in [-0.3, -0.25) is 0 Å². The van der Waals surface area contributed by atoms with Crippen LogP contribution < -0.4 is 0 Å². The van der Waals surface area contributed by atoms with Gasteiger partial charge in [-0.05, 0) is 38.9 Å². The fourth-order valence-electron chi connectivity index (χ4n) is 7.04. The summed E-state index contributed by atoms with van der Waals surface area (Å²) in [6.07, 6.45) is 54.1. The Morgan fingerprint density at radius 2 is 0.318 bits per heavy atom. The van der Waals surface area contributed by atoms with Gasteiger partial charge in [0, 0.05) is 0 Å². The molecule has 0 radical (unpaired) electrons. The van der Waals surface area contributed by atoms with E-state index >= 15 is 0 Å². The standard InChI is InChI=1S/C43H89N/c1-4-7-10-13-16-19-22-25-28-31-34-37-40-43-44(41-38-35-32-29-26-23-20-17-14-11-8-5-2)42-39-36-33-30-27-24-21-18-15-12-9-6-3/h4-43H2,1-3H3. The van der Waals surface area contributed by atoms with Crippen molar-refractivity contribution in [3.8, 4) is 0 Å². The van der Waals surface area contributed by atoms with Crippen LogP contribution in [-0.2, 0) is 0 Å². The van der Waals surface area contributed by atoms with Crippen molar-refractivity contribution in [2.24, 2.45) is 0 Å². The van der Waals surface area contributed by atoms with Crippen molar-refractivity contribution in [1.29, 1.82) is 0 Å². The second kappa shape index (κ2) is 41.0. The van der Waals surface area contributed by atoms with Crippen LogP contribution in [-0.4, -0.2) is 24.5 Å². The first-order valence-electron chi connectivity index (χ1n) is 21.6. The summed E-state index contributed by atoms with van der Waals surface area (Å²) in [5.41, 5.74) is 0. The maximum atomic E-state index is 2.87. The van der Waals surface area contributed by atoms with Gasteiger partial charge in [-0.15, -0.1) is 0 Å². The highest BCUT2D eigenvalue weighted by Crippen LogP contribution is 2.16. The van der Waals surface area contributed by atoms with Crippen molar-refractivity contribution in [3.05, 3.63) is 0 Å². The smallest absolute Gasteiger partial charge is 0.00187 e. The van der Waals surface area contributed by atoms with Crippen LogP contribution in [0.4, 0.5) is 0 Å². The summed E-state index contributed by atoms with van der Waals surface area (Å²) in [4.78, 5) is 2.87. The van der Waals surface area contributed by atoms with E-state index in [1.807, 2.05) is 0 Å². The van der Waals surface area contributed by atoms with E-state index < -0.39 is 0 Å². The zero-order chi connectivity index (χ0) is 31.9. The van der Waals surface area contributed by atoms with Crippen molar-refractivity contribution >= 4 is 0 Å². The summed E-state index contributed by atoms with van der Waals surface area (Å²) < 4.78 is 0. The fourth-order valence-corrected chi connectivity index (χ4v) is 7.04. The Hall–Kier alpha value is -0.0400. The van der Waals surface area contributed by atoms with Crippen LogP contribution in [0, 0.1) is 0 Å². The van der Waals surface area contributed by atoms with Gasteiger partial charge in [0.25, 0.3) is 0 Å². The minimum absolute atomic E-state index is 1.37. The number of unbranched alkanes of at least 4 members (excludes halogenated alkanes) is 34. The van der Waals surface area contributed by atoms with Crippen LogP contribution in [0.15, 0.2) is 0 Å². The third kappa shape index (κ3) is 38.1. The zero-order valence-corrected chi connectivity index (χ0v) is 31.7. The Morgan fingerprint density at radius 1 is 0.182 bits per heavy atom. The highest BCUT2D eigenvalue weighted by Gasteiger charge is 2.05. The lowest BCUT2D eigenvalue weighted by Crippen LogP contribution is -2.27. The van der Waals surface area contributed by atoms with E-state index in [0.29, 0.717) is 0 Å². The normalized spacial score (nSPS) is 11.7. The number of rotatable bonds is 40. The van der Waals surface area contributed by atoms with Crippen molar-refractivity contribution < 1.29 is 0 Å². The van der Waals surface area contributed by atoms with Crippen LogP contribution in [0.2, 0.25) is 0 Å². The topological polar surface area (TPSA) is 3.24 Å². The summed E-state index contributed by atoms with van der Waals surface area (Å²) in [5.74, 6) is 0. The minimum atomic E-state index is 1.37.